The average Bonchev–Trinajstić information content (AvgIpc) is 2.75. The molecule has 0 atom stereocenters. The zero-order chi connectivity index (χ0) is 18.4. The van der Waals surface area contributed by atoms with Crippen molar-refractivity contribution in [1.82, 2.24) is 0 Å². The Labute approximate surface area is 148 Å². The molecule has 7 nitrogen and oxygen atoms in total. The maximum absolute atomic E-state index is 11.2. The van der Waals surface area contributed by atoms with Gasteiger partial charge in [-0.1, -0.05) is 0 Å². The van der Waals surface area contributed by atoms with Gasteiger partial charge >= 0.3 is 7.12 Å². The van der Waals surface area contributed by atoms with Crippen LogP contribution in [0.1, 0.15) is 40.5 Å². The second-order valence-electron chi connectivity index (χ2n) is 7.81. The standard InChI is InChI=1S/C17H25BN2O5/c1-16(2)17(3,4)25-18(24-16)14-11-12(20(22)23)5-6-15(14)19-9-7-13(21)8-10-19/h5-6,11,13,21H,7-10H2,1-4H3. The Morgan fingerprint density at radius 3 is 2.28 bits per heavy atom. The summed E-state index contributed by atoms with van der Waals surface area (Å²) in [6, 6.07) is 4.81. The minimum Gasteiger partial charge on any atom is -0.399 e. The second-order valence-corrected chi connectivity index (χ2v) is 7.81. The topological polar surface area (TPSA) is 85.1 Å². The molecular formula is C17H25BN2O5. The molecule has 136 valence electrons. The monoisotopic (exact) mass is 348 g/mol. The van der Waals surface area contributed by atoms with Crippen LogP contribution in [0.5, 0.6) is 0 Å². The SMILES string of the molecule is CC1(C)OB(c2cc([N+](=O)[O-])ccc2N2CCC(O)CC2)OC1(C)C. The average molecular weight is 348 g/mol. The normalized spacial score (nSPS) is 23.1. The molecule has 1 aromatic rings. The van der Waals surface area contributed by atoms with E-state index in [0.29, 0.717) is 31.4 Å². The highest BCUT2D eigenvalue weighted by atomic mass is 16.7. The van der Waals surface area contributed by atoms with Crippen molar-refractivity contribution in [3.05, 3.63) is 28.3 Å². The molecule has 2 aliphatic heterocycles. The molecule has 0 aliphatic carbocycles. The van der Waals surface area contributed by atoms with Gasteiger partial charge in [0.05, 0.1) is 22.2 Å². The summed E-state index contributed by atoms with van der Waals surface area (Å²) in [4.78, 5) is 13.0. The van der Waals surface area contributed by atoms with E-state index in [1.807, 2.05) is 27.7 Å². The number of nitro benzene ring substituents is 1. The van der Waals surface area contributed by atoms with Crippen molar-refractivity contribution in [2.45, 2.75) is 57.8 Å². The Bertz CT molecular complexity index is 655. The highest BCUT2D eigenvalue weighted by Crippen LogP contribution is 2.37. The summed E-state index contributed by atoms with van der Waals surface area (Å²) in [6.45, 7) is 9.24. The smallest absolute Gasteiger partial charge is 0.399 e. The van der Waals surface area contributed by atoms with Crippen LogP contribution in [-0.2, 0) is 9.31 Å². The number of benzene rings is 1. The van der Waals surface area contributed by atoms with Crippen LogP contribution in [0.15, 0.2) is 18.2 Å². The van der Waals surface area contributed by atoms with Gasteiger partial charge in [-0.15, -0.1) is 0 Å². The molecule has 2 fully saturated rings. The van der Waals surface area contributed by atoms with Crippen LogP contribution >= 0.6 is 0 Å². The van der Waals surface area contributed by atoms with Crippen molar-refractivity contribution in [2.75, 3.05) is 18.0 Å². The lowest BCUT2D eigenvalue weighted by Crippen LogP contribution is -2.43. The van der Waals surface area contributed by atoms with Crippen LogP contribution in [0, 0.1) is 10.1 Å². The van der Waals surface area contributed by atoms with Crippen molar-refractivity contribution in [3.63, 3.8) is 0 Å². The van der Waals surface area contributed by atoms with Crippen molar-refractivity contribution in [2.24, 2.45) is 0 Å². The highest BCUT2D eigenvalue weighted by Gasteiger charge is 2.52. The second kappa shape index (κ2) is 6.27. The van der Waals surface area contributed by atoms with Crippen molar-refractivity contribution in [3.8, 4) is 0 Å². The van der Waals surface area contributed by atoms with Crippen LogP contribution in [0.4, 0.5) is 11.4 Å². The van der Waals surface area contributed by atoms with Crippen LogP contribution < -0.4 is 10.4 Å². The van der Waals surface area contributed by atoms with E-state index in [1.165, 1.54) is 6.07 Å². The third-order valence-corrected chi connectivity index (χ3v) is 5.53. The van der Waals surface area contributed by atoms with E-state index in [2.05, 4.69) is 4.90 Å². The lowest BCUT2D eigenvalue weighted by molar-refractivity contribution is -0.384. The summed E-state index contributed by atoms with van der Waals surface area (Å²) in [6.07, 6.45) is 1.08. The number of anilines is 1. The maximum atomic E-state index is 11.2. The first kappa shape index (κ1) is 18.2. The molecule has 0 unspecified atom stereocenters. The number of hydrogen-bond donors (Lipinski definition) is 1. The first-order valence-electron chi connectivity index (χ1n) is 8.68. The van der Waals surface area contributed by atoms with Gasteiger partial charge in [0.25, 0.3) is 5.69 Å². The Morgan fingerprint density at radius 1 is 1.20 bits per heavy atom. The predicted molar refractivity (Wildman–Crippen MR) is 96.3 cm³/mol. The van der Waals surface area contributed by atoms with Crippen LogP contribution in [0.2, 0.25) is 0 Å². The zero-order valence-electron chi connectivity index (χ0n) is 15.2. The van der Waals surface area contributed by atoms with E-state index in [-0.39, 0.29) is 11.8 Å². The van der Waals surface area contributed by atoms with Gasteiger partial charge in [-0.2, -0.15) is 0 Å². The molecule has 1 N–H and O–H groups in total. The summed E-state index contributed by atoms with van der Waals surface area (Å²) in [7, 11) is -0.660. The molecule has 0 amide bonds. The Morgan fingerprint density at radius 2 is 1.76 bits per heavy atom. The van der Waals surface area contributed by atoms with Gasteiger partial charge in [0.15, 0.2) is 0 Å². The summed E-state index contributed by atoms with van der Waals surface area (Å²) in [5, 5.41) is 21.0. The summed E-state index contributed by atoms with van der Waals surface area (Å²) in [5.41, 5.74) is 0.528. The predicted octanol–water partition coefficient (Wildman–Crippen LogP) is 1.86. The molecule has 0 aromatic heterocycles. The number of nitro groups is 1. The first-order valence-corrected chi connectivity index (χ1v) is 8.68. The number of aliphatic hydroxyl groups excluding tert-OH is 1. The molecule has 2 saturated heterocycles. The van der Waals surface area contributed by atoms with Crippen LogP contribution in [-0.4, -0.2) is 47.5 Å². The molecular weight excluding hydrogens is 323 g/mol. The van der Waals surface area contributed by atoms with E-state index in [4.69, 9.17) is 9.31 Å². The van der Waals surface area contributed by atoms with Gasteiger partial charge in [0, 0.05) is 36.4 Å². The summed E-state index contributed by atoms with van der Waals surface area (Å²) >= 11 is 0. The van der Waals surface area contributed by atoms with E-state index < -0.39 is 23.2 Å². The summed E-state index contributed by atoms with van der Waals surface area (Å²) < 4.78 is 12.2. The number of rotatable bonds is 3. The number of nitrogens with zero attached hydrogens (tertiary/aromatic N) is 2. The summed E-state index contributed by atoms with van der Waals surface area (Å²) in [5.74, 6) is 0. The van der Waals surface area contributed by atoms with Gasteiger partial charge in [-0.3, -0.25) is 10.1 Å². The fourth-order valence-electron chi connectivity index (χ4n) is 3.21. The van der Waals surface area contributed by atoms with Gasteiger partial charge in [-0.05, 0) is 46.6 Å². The molecule has 1 aromatic carbocycles. The third-order valence-electron chi connectivity index (χ3n) is 5.53. The quantitative estimate of drug-likeness (QED) is 0.510. The van der Waals surface area contributed by atoms with Gasteiger partial charge in [-0.25, -0.2) is 0 Å². The molecule has 0 saturated carbocycles. The van der Waals surface area contributed by atoms with E-state index >= 15 is 0 Å². The van der Waals surface area contributed by atoms with Crippen molar-refractivity contribution in [1.29, 1.82) is 0 Å². The van der Waals surface area contributed by atoms with Gasteiger partial charge in [0.1, 0.15) is 0 Å². The maximum Gasteiger partial charge on any atom is 0.497 e. The number of non-ortho nitro benzene ring substituents is 1. The Balaban J connectivity index is 1.98. The van der Waals surface area contributed by atoms with Crippen LogP contribution in [0.3, 0.4) is 0 Å². The molecule has 3 rings (SSSR count). The first-order chi connectivity index (χ1) is 11.6. The van der Waals surface area contributed by atoms with Crippen LogP contribution in [0.25, 0.3) is 0 Å². The largest absolute Gasteiger partial charge is 0.497 e. The van der Waals surface area contributed by atoms with E-state index in [0.717, 1.165) is 5.69 Å². The number of piperidine rings is 1. The fraction of sp³-hybridized carbons (Fsp3) is 0.647. The minimum absolute atomic E-state index is 0.0190. The zero-order valence-corrected chi connectivity index (χ0v) is 15.2. The van der Waals surface area contributed by atoms with E-state index in [1.54, 1.807) is 12.1 Å². The van der Waals surface area contributed by atoms with Gasteiger partial charge < -0.3 is 19.3 Å². The number of hydrogen-bond acceptors (Lipinski definition) is 6. The minimum atomic E-state index is -0.660. The van der Waals surface area contributed by atoms with Crippen molar-refractivity contribution >= 4 is 24.0 Å². The molecule has 2 aliphatic rings. The molecule has 0 bridgehead atoms. The van der Waals surface area contributed by atoms with Gasteiger partial charge in [0.2, 0.25) is 0 Å². The van der Waals surface area contributed by atoms with Crippen molar-refractivity contribution < 1.29 is 19.3 Å². The molecule has 25 heavy (non-hydrogen) atoms. The number of aliphatic hydroxyl groups is 1. The third kappa shape index (κ3) is 3.38. The van der Waals surface area contributed by atoms with E-state index in [9.17, 15) is 15.2 Å². The molecule has 2 heterocycles. The molecule has 0 spiro atoms. The fourth-order valence-corrected chi connectivity index (χ4v) is 3.21. The Hall–Kier alpha value is -1.64. The lowest BCUT2D eigenvalue weighted by atomic mass is 9.77. The lowest BCUT2D eigenvalue weighted by Gasteiger charge is -2.33. The highest BCUT2D eigenvalue weighted by molar-refractivity contribution is 6.64. The molecule has 0 radical (unpaired) electrons. The molecule has 8 heteroatoms. The Kier molecular flexibility index (Phi) is 4.55.